The van der Waals surface area contributed by atoms with Gasteiger partial charge in [-0.25, -0.2) is 0 Å². The van der Waals surface area contributed by atoms with Gasteiger partial charge in [-0.3, -0.25) is 14.4 Å². The first-order valence-corrected chi connectivity index (χ1v) is 34.4. The molecule has 1 unspecified atom stereocenters. The van der Waals surface area contributed by atoms with Crippen LogP contribution >= 0.6 is 0 Å². The van der Waals surface area contributed by atoms with Crippen LogP contribution in [0, 0.1) is 0 Å². The summed E-state index contributed by atoms with van der Waals surface area (Å²) in [4.78, 5) is 38.3. The van der Waals surface area contributed by atoms with Crippen molar-refractivity contribution in [2.24, 2.45) is 0 Å². The monoisotopic (exact) mass is 1120 g/mol. The second kappa shape index (κ2) is 68.6. The number of unbranched alkanes of at least 4 members (excludes halogenated alkanes) is 33. The van der Waals surface area contributed by atoms with Crippen LogP contribution in [0.25, 0.3) is 0 Å². The van der Waals surface area contributed by atoms with Crippen LogP contribution in [0.5, 0.6) is 0 Å². The molecule has 0 saturated carbocycles. The molecule has 0 heterocycles. The largest absolute Gasteiger partial charge is 0.462 e. The molecule has 0 bridgehead atoms. The van der Waals surface area contributed by atoms with Crippen molar-refractivity contribution in [1.82, 2.24) is 0 Å². The van der Waals surface area contributed by atoms with E-state index in [4.69, 9.17) is 14.2 Å². The number of rotatable bonds is 62. The average Bonchev–Trinajstić information content (AvgIpc) is 3.47. The molecular weight excluding hydrogens is 997 g/mol. The zero-order valence-corrected chi connectivity index (χ0v) is 53.3. The van der Waals surface area contributed by atoms with Crippen molar-refractivity contribution < 1.29 is 28.6 Å². The van der Waals surface area contributed by atoms with Crippen molar-refractivity contribution in [3.63, 3.8) is 0 Å². The number of ether oxygens (including phenoxy) is 3. The highest BCUT2D eigenvalue weighted by molar-refractivity contribution is 5.71. The number of hydrogen-bond donors (Lipinski definition) is 0. The number of hydrogen-bond acceptors (Lipinski definition) is 6. The summed E-state index contributed by atoms with van der Waals surface area (Å²) in [5.41, 5.74) is 0. The second-order valence-electron chi connectivity index (χ2n) is 22.7. The Morgan fingerprint density at radius 2 is 0.494 bits per heavy atom. The van der Waals surface area contributed by atoms with Crippen LogP contribution in [-0.4, -0.2) is 37.2 Å². The maximum Gasteiger partial charge on any atom is 0.306 e. The topological polar surface area (TPSA) is 78.9 Å². The van der Waals surface area contributed by atoms with Crippen LogP contribution < -0.4 is 0 Å². The maximum absolute atomic E-state index is 12.9. The van der Waals surface area contributed by atoms with Crippen LogP contribution in [-0.2, 0) is 28.6 Å². The standard InChI is InChI=1S/C75H128O6/c1-4-7-10-13-16-19-22-24-26-28-30-32-34-36-37-39-40-42-44-46-48-50-53-56-59-62-65-68-74(77)80-71-72(70-79-73(76)67-64-61-58-55-52-21-18-15-12-9-6-3)81-75(78)69-66-63-60-57-54-51-49-47-45-43-41-38-35-33-31-29-27-25-23-20-17-14-11-8-5-2/h8,11,15,17-18,20,25,27-28,30-31,33,38,41,45,47,51,54,72H,4-7,9-10,12-14,16,19,21-24,26,29,32,34-37,39-40,42-44,46,48-50,52-53,55-71H2,1-3H3/b11-8-,18-15-,20-17-,27-25-,30-28-,33-31-,41-38-,47-45-,54-51-. The molecule has 0 spiro atoms. The van der Waals surface area contributed by atoms with E-state index in [1.165, 1.54) is 167 Å². The molecule has 464 valence electrons. The normalized spacial score (nSPS) is 12.8. The third kappa shape index (κ3) is 66.8. The van der Waals surface area contributed by atoms with Gasteiger partial charge in [0.2, 0.25) is 0 Å². The Balaban J connectivity index is 4.30. The molecule has 6 nitrogen and oxygen atoms in total. The quantitative estimate of drug-likeness (QED) is 0.0261. The Hall–Kier alpha value is -3.93. The molecule has 0 aromatic carbocycles. The zero-order chi connectivity index (χ0) is 58.5. The highest BCUT2D eigenvalue weighted by atomic mass is 16.6. The minimum absolute atomic E-state index is 0.0936. The summed E-state index contributed by atoms with van der Waals surface area (Å²) in [6, 6.07) is 0. The minimum atomic E-state index is -0.801. The summed E-state index contributed by atoms with van der Waals surface area (Å²) in [5.74, 6) is -0.928. The summed E-state index contributed by atoms with van der Waals surface area (Å²) >= 11 is 0. The van der Waals surface area contributed by atoms with E-state index < -0.39 is 6.10 Å². The molecule has 6 heteroatoms. The predicted molar refractivity (Wildman–Crippen MR) is 353 cm³/mol. The van der Waals surface area contributed by atoms with Crippen LogP contribution in [0.1, 0.15) is 329 Å². The molecule has 0 saturated heterocycles. The summed E-state index contributed by atoms with van der Waals surface area (Å²) in [6.45, 7) is 6.48. The van der Waals surface area contributed by atoms with Gasteiger partial charge >= 0.3 is 17.9 Å². The highest BCUT2D eigenvalue weighted by Gasteiger charge is 2.19. The Morgan fingerprint density at radius 3 is 0.815 bits per heavy atom. The fraction of sp³-hybridized carbons (Fsp3) is 0.720. The van der Waals surface area contributed by atoms with E-state index in [2.05, 4.69) is 130 Å². The smallest absolute Gasteiger partial charge is 0.306 e. The Labute approximate surface area is 501 Å². The number of carbonyl (C=O) groups is 3. The summed E-state index contributed by atoms with van der Waals surface area (Å²) < 4.78 is 16.9. The van der Waals surface area contributed by atoms with Gasteiger partial charge in [0.15, 0.2) is 6.10 Å². The lowest BCUT2D eigenvalue weighted by Gasteiger charge is -2.18. The molecule has 0 aliphatic carbocycles. The molecular formula is C75H128O6. The van der Waals surface area contributed by atoms with Gasteiger partial charge < -0.3 is 14.2 Å². The van der Waals surface area contributed by atoms with E-state index in [0.717, 1.165) is 122 Å². The van der Waals surface area contributed by atoms with Gasteiger partial charge in [-0.1, -0.05) is 297 Å². The van der Waals surface area contributed by atoms with E-state index in [-0.39, 0.29) is 37.5 Å². The van der Waals surface area contributed by atoms with Crippen molar-refractivity contribution in [2.75, 3.05) is 13.2 Å². The summed E-state index contributed by atoms with van der Waals surface area (Å²) in [7, 11) is 0. The Bertz CT molecular complexity index is 1620. The van der Waals surface area contributed by atoms with E-state index in [0.29, 0.717) is 12.8 Å². The molecule has 81 heavy (non-hydrogen) atoms. The van der Waals surface area contributed by atoms with Crippen molar-refractivity contribution in [2.45, 2.75) is 335 Å². The minimum Gasteiger partial charge on any atom is -0.462 e. The summed E-state index contributed by atoms with van der Waals surface area (Å²) in [6.07, 6.45) is 94.1. The molecule has 0 fully saturated rings. The third-order valence-electron chi connectivity index (χ3n) is 14.7. The van der Waals surface area contributed by atoms with E-state index in [1.807, 2.05) is 0 Å². The molecule has 0 rings (SSSR count). The van der Waals surface area contributed by atoms with E-state index in [1.54, 1.807) is 0 Å². The van der Waals surface area contributed by atoms with Crippen molar-refractivity contribution in [3.05, 3.63) is 109 Å². The van der Waals surface area contributed by atoms with Gasteiger partial charge in [-0.15, -0.1) is 0 Å². The van der Waals surface area contributed by atoms with Crippen LogP contribution in [0.3, 0.4) is 0 Å². The lowest BCUT2D eigenvalue weighted by Crippen LogP contribution is -2.30. The van der Waals surface area contributed by atoms with Crippen molar-refractivity contribution in [3.8, 4) is 0 Å². The Kier molecular flexibility index (Phi) is 65.2. The van der Waals surface area contributed by atoms with E-state index >= 15 is 0 Å². The number of esters is 3. The van der Waals surface area contributed by atoms with Gasteiger partial charge in [0.1, 0.15) is 13.2 Å². The Morgan fingerprint density at radius 1 is 0.259 bits per heavy atom. The highest BCUT2D eigenvalue weighted by Crippen LogP contribution is 2.17. The average molecular weight is 1130 g/mol. The van der Waals surface area contributed by atoms with Gasteiger partial charge in [0.05, 0.1) is 0 Å². The first-order valence-electron chi connectivity index (χ1n) is 34.4. The first kappa shape index (κ1) is 77.1. The molecule has 0 aromatic rings. The van der Waals surface area contributed by atoms with Gasteiger partial charge in [0, 0.05) is 19.3 Å². The fourth-order valence-corrected chi connectivity index (χ4v) is 9.58. The van der Waals surface area contributed by atoms with Gasteiger partial charge in [-0.05, 0) is 122 Å². The van der Waals surface area contributed by atoms with E-state index in [9.17, 15) is 14.4 Å². The molecule has 1 atom stereocenters. The molecule has 0 aliphatic heterocycles. The predicted octanol–water partition coefficient (Wildman–Crippen LogP) is 23.8. The van der Waals surface area contributed by atoms with Gasteiger partial charge in [0.25, 0.3) is 0 Å². The first-order chi connectivity index (χ1) is 40.0. The number of allylic oxidation sites excluding steroid dienone is 18. The molecule has 0 amide bonds. The molecule has 0 aliphatic rings. The lowest BCUT2D eigenvalue weighted by atomic mass is 10.0. The van der Waals surface area contributed by atoms with Crippen LogP contribution in [0.2, 0.25) is 0 Å². The van der Waals surface area contributed by atoms with Crippen LogP contribution in [0.15, 0.2) is 109 Å². The SMILES string of the molecule is CC/C=C\C/C=C\C/C=C\C/C=C\C/C=C\C/C=C\C/C=C\CCCCCC(=O)OC(COC(=O)CCCCCCC/C=C\CCCC)COC(=O)CCCCCCCCCCCCCCCCC/C=C\CCCCCCCCCC. The fourth-order valence-electron chi connectivity index (χ4n) is 9.58. The lowest BCUT2D eigenvalue weighted by molar-refractivity contribution is -0.167. The summed E-state index contributed by atoms with van der Waals surface area (Å²) in [5, 5.41) is 0. The van der Waals surface area contributed by atoms with Crippen molar-refractivity contribution >= 4 is 17.9 Å². The molecule has 0 aromatic heterocycles. The van der Waals surface area contributed by atoms with Crippen LogP contribution in [0.4, 0.5) is 0 Å². The third-order valence-corrected chi connectivity index (χ3v) is 14.7. The molecule has 0 radical (unpaired) electrons. The molecule has 0 N–H and O–H groups in total. The van der Waals surface area contributed by atoms with Crippen molar-refractivity contribution in [1.29, 1.82) is 0 Å². The number of carbonyl (C=O) groups excluding carboxylic acids is 3. The zero-order valence-electron chi connectivity index (χ0n) is 53.3. The second-order valence-corrected chi connectivity index (χ2v) is 22.7. The van der Waals surface area contributed by atoms with Gasteiger partial charge in [-0.2, -0.15) is 0 Å². The maximum atomic E-state index is 12.9.